The lowest BCUT2D eigenvalue weighted by Crippen LogP contribution is -2.37. The number of rotatable bonds is 4. The van der Waals surface area contributed by atoms with Crippen molar-refractivity contribution in [1.29, 1.82) is 5.26 Å². The number of nitriles is 1. The highest BCUT2D eigenvalue weighted by Crippen LogP contribution is 2.39. The zero-order valence-electron chi connectivity index (χ0n) is 12.2. The fourth-order valence-electron chi connectivity index (χ4n) is 2.78. The maximum absolute atomic E-state index is 12.1. The summed E-state index contributed by atoms with van der Waals surface area (Å²) in [6.07, 6.45) is 0. The Morgan fingerprint density at radius 1 is 1.10 bits per heavy atom. The lowest BCUT2D eigenvalue weighted by Gasteiger charge is -2.33. The molecule has 0 aliphatic rings. The summed E-state index contributed by atoms with van der Waals surface area (Å²) in [5.41, 5.74) is 7.36. The minimum absolute atomic E-state index is 0.424. The van der Waals surface area contributed by atoms with Gasteiger partial charge in [0.15, 0.2) is 0 Å². The molecule has 106 valence electrons. The van der Waals surface area contributed by atoms with Crippen LogP contribution in [0.15, 0.2) is 54.6 Å². The van der Waals surface area contributed by atoms with Crippen molar-refractivity contribution in [2.24, 2.45) is 5.73 Å². The topological polar surface area (TPSA) is 66.9 Å². The third-order valence-electron chi connectivity index (χ3n) is 3.92. The van der Waals surface area contributed by atoms with Crippen LogP contribution in [-0.4, -0.2) is 5.91 Å². The Balaban J connectivity index is 2.60. The first kappa shape index (κ1) is 14.8. The number of carbonyl (C=O) groups is 1. The smallest absolute Gasteiger partial charge is 0.225 e. The quantitative estimate of drug-likeness (QED) is 0.933. The van der Waals surface area contributed by atoms with Crippen LogP contribution in [0.1, 0.15) is 36.5 Å². The molecule has 2 aromatic rings. The molecule has 2 N–H and O–H groups in total. The summed E-state index contributed by atoms with van der Waals surface area (Å²) in [5, 5.41) is 9.28. The van der Waals surface area contributed by atoms with Crippen molar-refractivity contribution < 1.29 is 4.79 Å². The standard InChI is InChI=1S/C18H18N2O/c1-18(2,14-9-4-3-5-10-14)16(17(20)21)15-11-7-6-8-13(15)12-19/h3-11,16H,1-2H3,(H2,20,21). The van der Waals surface area contributed by atoms with Gasteiger partial charge in [-0.1, -0.05) is 62.4 Å². The van der Waals surface area contributed by atoms with Crippen LogP contribution in [0, 0.1) is 11.3 Å². The molecule has 2 aromatic carbocycles. The maximum atomic E-state index is 12.1. The number of primary amides is 1. The molecule has 0 fully saturated rings. The third kappa shape index (κ3) is 2.80. The predicted molar refractivity (Wildman–Crippen MR) is 82.6 cm³/mol. The second kappa shape index (κ2) is 5.80. The van der Waals surface area contributed by atoms with E-state index in [1.807, 2.05) is 50.2 Å². The lowest BCUT2D eigenvalue weighted by molar-refractivity contribution is -0.120. The van der Waals surface area contributed by atoms with E-state index in [1.54, 1.807) is 18.2 Å². The van der Waals surface area contributed by atoms with Crippen molar-refractivity contribution in [2.75, 3.05) is 0 Å². The molecule has 2 rings (SSSR count). The number of carbonyl (C=O) groups excluding carboxylic acids is 1. The Morgan fingerprint density at radius 2 is 1.67 bits per heavy atom. The fraction of sp³-hybridized carbons (Fsp3) is 0.222. The molecule has 0 heterocycles. The molecule has 1 amide bonds. The fourth-order valence-corrected chi connectivity index (χ4v) is 2.78. The minimum atomic E-state index is -0.559. The molecule has 0 aromatic heterocycles. The van der Waals surface area contributed by atoms with Crippen molar-refractivity contribution >= 4 is 5.91 Å². The Hall–Kier alpha value is -2.60. The van der Waals surface area contributed by atoms with Crippen molar-refractivity contribution in [3.63, 3.8) is 0 Å². The van der Waals surface area contributed by atoms with Gasteiger partial charge in [0.1, 0.15) is 0 Å². The molecule has 3 nitrogen and oxygen atoms in total. The highest BCUT2D eigenvalue weighted by atomic mass is 16.1. The van der Waals surface area contributed by atoms with Gasteiger partial charge in [0.25, 0.3) is 0 Å². The van der Waals surface area contributed by atoms with E-state index in [0.717, 1.165) is 5.56 Å². The van der Waals surface area contributed by atoms with Gasteiger partial charge in [-0.05, 0) is 17.2 Å². The van der Waals surface area contributed by atoms with Crippen LogP contribution < -0.4 is 5.73 Å². The molecule has 1 unspecified atom stereocenters. The van der Waals surface area contributed by atoms with E-state index in [0.29, 0.717) is 11.1 Å². The normalized spacial score (nSPS) is 12.4. The van der Waals surface area contributed by atoms with Gasteiger partial charge in [-0.2, -0.15) is 5.26 Å². The highest BCUT2D eigenvalue weighted by molar-refractivity contribution is 5.84. The average molecular weight is 278 g/mol. The SMILES string of the molecule is CC(C)(c1ccccc1)C(C(N)=O)c1ccccc1C#N. The zero-order chi connectivity index (χ0) is 15.5. The van der Waals surface area contributed by atoms with Crippen molar-refractivity contribution in [3.8, 4) is 6.07 Å². The first-order valence-corrected chi connectivity index (χ1v) is 6.82. The van der Waals surface area contributed by atoms with Crippen LogP contribution in [0.5, 0.6) is 0 Å². The van der Waals surface area contributed by atoms with Gasteiger partial charge >= 0.3 is 0 Å². The molecular formula is C18H18N2O. The molecule has 3 heteroatoms. The van der Waals surface area contributed by atoms with E-state index in [4.69, 9.17) is 5.73 Å². The van der Waals surface area contributed by atoms with E-state index >= 15 is 0 Å². The van der Waals surface area contributed by atoms with Gasteiger partial charge in [0.2, 0.25) is 5.91 Å². The highest BCUT2D eigenvalue weighted by Gasteiger charge is 2.37. The molecule has 0 bridgehead atoms. The van der Waals surface area contributed by atoms with Gasteiger partial charge in [0, 0.05) is 5.41 Å². The van der Waals surface area contributed by atoms with Gasteiger partial charge in [-0.15, -0.1) is 0 Å². The van der Waals surface area contributed by atoms with Crippen molar-refractivity contribution in [3.05, 3.63) is 71.3 Å². The molecule has 0 aliphatic carbocycles. The van der Waals surface area contributed by atoms with Gasteiger partial charge in [0.05, 0.1) is 17.6 Å². The average Bonchev–Trinajstić information content (AvgIpc) is 2.48. The molecule has 0 aliphatic heterocycles. The number of nitrogens with zero attached hydrogens (tertiary/aromatic N) is 1. The Labute approximate surface area is 125 Å². The Bertz CT molecular complexity index is 684. The summed E-state index contributed by atoms with van der Waals surface area (Å²) in [6, 6.07) is 19.0. The van der Waals surface area contributed by atoms with Crippen molar-refractivity contribution in [1.82, 2.24) is 0 Å². The Morgan fingerprint density at radius 3 is 2.24 bits per heavy atom. The van der Waals surface area contributed by atoms with E-state index in [9.17, 15) is 10.1 Å². The monoisotopic (exact) mass is 278 g/mol. The molecule has 0 spiro atoms. The van der Waals surface area contributed by atoms with E-state index in [1.165, 1.54) is 0 Å². The summed E-state index contributed by atoms with van der Waals surface area (Å²) in [6.45, 7) is 3.96. The number of hydrogen-bond acceptors (Lipinski definition) is 2. The largest absolute Gasteiger partial charge is 0.369 e. The number of amides is 1. The lowest BCUT2D eigenvalue weighted by atomic mass is 9.69. The Kier molecular flexibility index (Phi) is 4.09. The molecular weight excluding hydrogens is 260 g/mol. The number of nitrogens with two attached hydrogens (primary N) is 1. The molecule has 0 saturated heterocycles. The predicted octanol–water partition coefficient (Wildman–Crippen LogP) is 3.10. The van der Waals surface area contributed by atoms with Gasteiger partial charge in [-0.25, -0.2) is 0 Å². The van der Waals surface area contributed by atoms with Gasteiger partial charge in [-0.3, -0.25) is 4.79 Å². The van der Waals surface area contributed by atoms with Gasteiger partial charge < -0.3 is 5.73 Å². The van der Waals surface area contributed by atoms with Crippen molar-refractivity contribution in [2.45, 2.75) is 25.2 Å². The molecule has 1 atom stereocenters. The van der Waals surface area contributed by atoms with Crippen LogP contribution in [0.25, 0.3) is 0 Å². The summed E-state index contributed by atoms with van der Waals surface area (Å²) < 4.78 is 0. The third-order valence-corrected chi connectivity index (χ3v) is 3.92. The second-order valence-electron chi connectivity index (χ2n) is 5.62. The first-order chi connectivity index (χ1) is 9.98. The number of hydrogen-bond donors (Lipinski definition) is 1. The maximum Gasteiger partial charge on any atom is 0.225 e. The summed E-state index contributed by atoms with van der Waals surface area (Å²) >= 11 is 0. The van der Waals surface area contributed by atoms with E-state index < -0.39 is 17.2 Å². The van der Waals surface area contributed by atoms with Crippen LogP contribution in [0.4, 0.5) is 0 Å². The number of benzene rings is 2. The van der Waals surface area contributed by atoms with Crippen LogP contribution in [0.2, 0.25) is 0 Å². The second-order valence-corrected chi connectivity index (χ2v) is 5.62. The first-order valence-electron chi connectivity index (χ1n) is 6.82. The summed E-state index contributed by atoms with van der Waals surface area (Å²) in [4.78, 5) is 12.1. The summed E-state index contributed by atoms with van der Waals surface area (Å²) in [7, 11) is 0. The van der Waals surface area contributed by atoms with Crippen LogP contribution in [-0.2, 0) is 10.2 Å². The van der Waals surface area contributed by atoms with E-state index in [2.05, 4.69) is 6.07 Å². The van der Waals surface area contributed by atoms with E-state index in [-0.39, 0.29) is 0 Å². The van der Waals surface area contributed by atoms with Crippen LogP contribution in [0.3, 0.4) is 0 Å². The molecule has 21 heavy (non-hydrogen) atoms. The van der Waals surface area contributed by atoms with Crippen LogP contribution >= 0.6 is 0 Å². The minimum Gasteiger partial charge on any atom is -0.369 e. The molecule has 0 saturated carbocycles. The zero-order valence-corrected chi connectivity index (χ0v) is 12.2. The molecule has 0 radical (unpaired) electrons. The summed E-state index contributed by atoms with van der Waals surface area (Å²) in [5.74, 6) is -0.984.